The zero-order valence-corrected chi connectivity index (χ0v) is 11.6. The van der Waals surface area contributed by atoms with Crippen LogP contribution < -0.4 is 0 Å². The van der Waals surface area contributed by atoms with Crippen LogP contribution in [0.4, 0.5) is 0 Å². The van der Waals surface area contributed by atoms with Crippen molar-refractivity contribution < 1.29 is 9.53 Å². The Morgan fingerprint density at radius 1 is 1.20 bits per heavy atom. The molecular formula is C16H20N2O2. The van der Waals surface area contributed by atoms with Gasteiger partial charge in [-0.15, -0.1) is 0 Å². The van der Waals surface area contributed by atoms with Gasteiger partial charge in [0.1, 0.15) is 0 Å². The summed E-state index contributed by atoms with van der Waals surface area (Å²) in [6.07, 6.45) is 4.18. The van der Waals surface area contributed by atoms with E-state index in [2.05, 4.69) is 5.10 Å². The minimum Gasteiger partial charge on any atom is -0.371 e. The van der Waals surface area contributed by atoms with Crippen molar-refractivity contribution in [1.82, 2.24) is 5.01 Å². The molecule has 1 saturated carbocycles. The van der Waals surface area contributed by atoms with Gasteiger partial charge in [-0.2, -0.15) is 5.10 Å². The second-order valence-corrected chi connectivity index (χ2v) is 5.59. The van der Waals surface area contributed by atoms with Crippen molar-refractivity contribution in [2.24, 2.45) is 11.0 Å². The molecule has 1 amide bonds. The second-order valence-electron chi connectivity index (χ2n) is 5.59. The Balaban J connectivity index is 1.45. The van der Waals surface area contributed by atoms with Crippen molar-refractivity contribution in [3.8, 4) is 0 Å². The Kier molecular flexibility index (Phi) is 4.11. The lowest BCUT2D eigenvalue weighted by molar-refractivity contribution is -0.129. The molecule has 106 valence electrons. The highest BCUT2D eigenvalue weighted by atomic mass is 16.5. The van der Waals surface area contributed by atoms with E-state index in [4.69, 9.17) is 4.74 Å². The van der Waals surface area contributed by atoms with Gasteiger partial charge in [-0.1, -0.05) is 36.8 Å². The largest absolute Gasteiger partial charge is 0.371 e. The van der Waals surface area contributed by atoms with Crippen molar-refractivity contribution in [1.29, 1.82) is 0 Å². The van der Waals surface area contributed by atoms with E-state index in [0.29, 0.717) is 25.6 Å². The van der Waals surface area contributed by atoms with E-state index >= 15 is 0 Å². The number of carbonyl (C=O) groups excluding carboxylic acids is 1. The molecule has 3 rings (SSSR count). The molecule has 2 aliphatic rings. The van der Waals surface area contributed by atoms with Gasteiger partial charge in [0.25, 0.3) is 0 Å². The molecule has 20 heavy (non-hydrogen) atoms. The van der Waals surface area contributed by atoms with Gasteiger partial charge in [0.15, 0.2) is 0 Å². The first kappa shape index (κ1) is 13.3. The van der Waals surface area contributed by atoms with Crippen LogP contribution in [0, 0.1) is 5.92 Å². The van der Waals surface area contributed by atoms with Crippen LogP contribution in [0.5, 0.6) is 0 Å². The lowest BCUT2D eigenvalue weighted by atomic mass is 9.85. The number of rotatable bonds is 6. The molecule has 0 atom stereocenters. The number of benzene rings is 1. The maximum Gasteiger partial charge on any atom is 0.248 e. The number of ether oxygens (including phenoxy) is 1. The van der Waals surface area contributed by atoms with Crippen LogP contribution >= 0.6 is 0 Å². The molecule has 1 aliphatic heterocycles. The average Bonchev–Trinajstić information content (AvgIpc) is 2.76. The molecule has 4 heteroatoms. The van der Waals surface area contributed by atoms with Crippen molar-refractivity contribution in [3.05, 3.63) is 35.9 Å². The molecule has 0 N–H and O–H groups in total. The monoisotopic (exact) mass is 272 g/mol. The van der Waals surface area contributed by atoms with Gasteiger partial charge < -0.3 is 4.74 Å². The van der Waals surface area contributed by atoms with Gasteiger partial charge in [0, 0.05) is 6.54 Å². The molecular weight excluding hydrogens is 252 g/mol. The van der Waals surface area contributed by atoms with E-state index in [-0.39, 0.29) is 5.91 Å². The molecule has 0 spiro atoms. The number of hydrogen-bond donors (Lipinski definition) is 0. The maximum absolute atomic E-state index is 11.8. The lowest BCUT2D eigenvalue weighted by Gasteiger charge is -2.27. The molecule has 0 aromatic heterocycles. The van der Waals surface area contributed by atoms with Crippen LogP contribution in [0.25, 0.3) is 0 Å². The zero-order valence-electron chi connectivity index (χ0n) is 11.6. The summed E-state index contributed by atoms with van der Waals surface area (Å²) in [5.74, 6) is 0.780. The predicted molar refractivity (Wildman–Crippen MR) is 77.2 cm³/mol. The predicted octanol–water partition coefficient (Wildman–Crippen LogP) is 2.59. The summed E-state index contributed by atoms with van der Waals surface area (Å²) in [6.45, 7) is 1.81. The van der Waals surface area contributed by atoms with Gasteiger partial charge in [-0.25, -0.2) is 5.01 Å². The van der Waals surface area contributed by atoms with Crippen LogP contribution in [-0.4, -0.2) is 29.8 Å². The average molecular weight is 272 g/mol. The molecule has 1 aromatic rings. The normalized spacial score (nSPS) is 19.1. The van der Waals surface area contributed by atoms with Crippen LogP contribution in [-0.2, 0) is 16.1 Å². The Hall–Kier alpha value is -1.68. The third-order valence-electron chi connectivity index (χ3n) is 3.94. The molecule has 0 unspecified atom stereocenters. The van der Waals surface area contributed by atoms with Crippen LogP contribution in [0.15, 0.2) is 35.4 Å². The van der Waals surface area contributed by atoms with Crippen LogP contribution in [0.2, 0.25) is 0 Å². The highest BCUT2D eigenvalue weighted by Crippen LogP contribution is 2.28. The highest BCUT2D eigenvalue weighted by molar-refractivity contribution is 6.05. The van der Waals surface area contributed by atoms with E-state index in [0.717, 1.165) is 17.8 Å². The van der Waals surface area contributed by atoms with Gasteiger partial charge in [-0.3, -0.25) is 4.79 Å². The Morgan fingerprint density at radius 2 is 2.00 bits per heavy atom. The number of amides is 1. The summed E-state index contributed by atoms with van der Waals surface area (Å²) in [5.41, 5.74) is 1.99. The lowest BCUT2D eigenvalue weighted by Crippen LogP contribution is -2.30. The number of hydrogen-bond acceptors (Lipinski definition) is 3. The van der Waals surface area contributed by atoms with Crippen molar-refractivity contribution in [3.63, 3.8) is 0 Å². The fourth-order valence-electron chi connectivity index (χ4n) is 2.53. The Bertz CT molecular complexity index is 494. The topological polar surface area (TPSA) is 41.9 Å². The molecule has 0 bridgehead atoms. The fourth-order valence-corrected chi connectivity index (χ4v) is 2.53. The van der Waals surface area contributed by atoms with Crippen LogP contribution in [0.1, 0.15) is 31.2 Å². The van der Waals surface area contributed by atoms with Crippen molar-refractivity contribution >= 4 is 11.6 Å². The zero-order chi connectivity index (χ0) is 13.8. The highest BCUT2D eigenvalue weighted by Gasteiger charge is 2.28. The summed E-state index contributed by atoms with van der Waals surface area (Å²) in [7, 11) is 0. The van der Waals surface area contributed by atoms with Crippen molar-refractivity contribution in [2.75, 3.05) is 13.2 Å². The minimum atomic E-state index is 0.121. The summed E-state index contributed by atoms with van der Waals surface area (Å²) in [5, 5.41) is 6.04. The smallest absolute Gasteiger partial charge is 0.248 e. The molecule has 1 aromatic carbocycles. The second kappa shape index (κ2) is 6.18. The quantitative estimate of drug-likeness (QED) is 0.798. The van der Waals surface area contributed by atoms with Gasteiger partial charge >= 0.3 is 0 Å². The van der Waals surface area contributed by atoms with Crippen LogP contribution in [0.3, 0.4) is 0 Å². The summed E-state index contributed by atoms with van der Waals surface area (Å²) in [6, 6.07) is 10.0. The molecule has 1 fully saturated rings. The van der Waals surface area contributed by atoms with Gasteiger partial charge in [0.05, 0.1) is 25.3 Å². The van der Waals surface area contributed by atoms with E-state index in [1.807, 2.05) is 30.3 Å². The third kappa shape index (κ3) is 3.25. The Morgan fingerprint density at radius 3 is 2.70 bits per heavy atom. The van der Waals surface area contributed by atoms with E-state index in [1.165, 1.54) is 19.3 Å². The van der Waals surface area contributed by atoms with E-state index in [1.54, 1.807) is 5.01 Å². The van der Waals surface area contributed by atoms with Crippen molar-refractivity contribution in [2.45, 2.75) is 32.3 Å². The summed E-state index contributed by atoms with van der Waals surface area (Å²) < 4.78 is 5.64. The first-order valence-electron chi connectivity index (χ1n) is 7.29. The number of nitrogens with zero attached hydrogens (tertiary/aromatic N) is 2. The first-order valence-corrected chi connectivity index (χ1v) is 7.29. The molecule has 1 aliphatic carbocycles. The Labute approximate surface area is 119 Å². The number of carbonyl (C=O) groups is 1. The molecule has 1 heterocycles. The summed E-state index contributed by atoms with van der Waals surface area (Å²) >= 11 is 0. The van der Waals surface area contributed by atoms with E-state index < -0.39 is 0 Å². The first-order chi connectivity index (χ1) is 9.81. The molecule has 4 nitrogen and oxygen atoms in total. The number of hydrazone groups is 1. The van der Waals surface area contributed by atoms with Gasteiger partial charge in [0.2, 0.25) is 5.91 Å². The maximum atomic E-state index is 11.8. The minimum absolute atomic E-state index is 0.121. The molecule has 0 radical (unpaired) electrons. The van der Waals surface area contributed by atoms with E-state index in [9.17, 15) is 4.79 Å². The molecule has 0 saturated heterocycles. The summed E-state index contributed by atoms with van der Waals surface area (Å²) in [4.78, 5) is 11.8. The SMILES string of the molecule is O=C1CC(COCc2ccccc2)=NN1CC1CCC1. The standard InChI is InChI=1S/C16H20N2O2/c19-16-9-15(17-18(16)10-13-7-4-8-13)12-20-11-14-5-2-1-3-6-14/h1-3,5-6,13H,4,7-12H2. The van der Waals surface area contributed by atoms with Gasteiger partial charge in [-0.05, 0) is 24.3 Å². The third-order valence-corrected chi connectivity index (χ3v) is 3.94. The fraction of sp³-hybridized carbons (Fsp3) is 0.500.